The molecule has 0 saturated heterocycles. The van der Waals surface area contributed by atoms with E-state index in [0.717, 1.165) is 4.88 Å². The number of ketones is 1. The van der Waals surface area contributed by atoms with E-state index in [4.69, 9.17) is 11.6 Å². The lowest BCUT2D eigenvalue weighted by Gasteiger charge is -2.17. The van der Waals surface area contributed by atoms with Gasteiger partial charge in [-0.15, -0.1) is 11.3 Å². The Morgan fingerprint density at radius 3 is 2.50 bits per heavy atom. The van der Waals surface area contributed by atoms with Crippen LogP contribution in [0, 0.1) is 5.92 Å². The van der Waals surface area contributed by atoms with Gasteiger partial charge in [-0.25, -0.2) is 0 Å². The van der Waals surface area contributed by atoms with Crippen molar-refractivity contribution in [2.75, 3.05) is 7.05 Å². The summed E-state index contributed by atoms with van der Waals surface area (Å²) in [5, 5.41) is 3.02. The second kappa shape index (κ2) is 4.91. The van der Waals surface area contributed by atoms with Crippen LogP contribution in [0.4, 0.5) is 0 Å². The minimum absolute atomic E-state index is 0.121. The lowest BCUT2D eigenvalue weighted by molar-refractivity contribution is 0.0926. The highest BCUT2D eigenvalue weighted by molar-refractivity contribution is 7.18. The van der Waals surface area contributed by atoms with Crippen LogP contribution in [0.5, 0.6) is 0 Å². The number of rotatable bonds is 4. The van der Waals surface area contributed by atoms with Crippen molar-refractivity contribution in [2.24, 2.45) is 5.92 Å². The average Bonchev–Trinajstić information content (AvgIpc) is 2.52. The van der Waals surface area contributed by atoms with Crippen LogP contribution < -0.4 is 5.32 Å². The van der Waals surface area contributed by atoms with Gasteiger partial charge in [0.25, 0.3) is 0 Å². The van der Waals surface area contributed by atoms with Gasteiger partial charge in [-0.05, 0) is 25.1 Å². The Hall–Kier alpha value is -0.380. The molecule has 0 fully saturated rings. The number of thiophene rings is 1. The van der Waals surface area contributed by atoms with Crippen molar-refractivity contribution in [3.63, 3.8) is 0 Å². The molecule has 0 spiro atoms. The SMILES string of the molecule is CNC(C(=O)c1ccc(Cl)s1)C(C)C. The maximum atomic E-state index is 11.9. The van der Waals surface area contributed by atoms with Crippen molar-refractivity contribution in [1.82, 2.24) is 5.32 Å². The number of likely N-dealkylation sites (N-methyl/N-ethyl adjacent to an activating group) is 1. The minimum atomic E-state index is -0.121. The quantitative estimate of drug-likeness (QED) is 0.808. The molecule has 0 radical (unpaired) electrons. The Balaban J connectivity index is 2.83. The Morgan fingerprint density at radius 1 is 1.50 bits per heavy atom. The molecule has 0 saturated carbocycles. The van der Waals surface area contributed by atoms with Gasteiger partial charge in [-0.3, -0.25) is 4.79 Å². The molecule has 0 aliphatic carbocycles. The van der Waals surface area contributed by atoms with Crippen molar-refractivity contribution in [3.05, 3.63) is 21.3 Å². The zero-order chi connectivity index (χ0) is 10.7. The number of nitrogens with one attached hydrogen (secondary N) is 1. The first kappa shape index (κ1) is 11.7. The largest absolute Gasteiger partial charge is 0.310 e. The third-order valence-corrected chi connectivity index (χ3v) is 3.32. The lowest BCUT2D eigenvalue weighted by atomic mass is 9.99. The van der Waals surface area contributed by atoms with Crippen LogP contribution in [0.15, 0.2) is 12.1 Å². The predicted molar refractivity (Wildman–Crippen MR) is 61.3 cm³/mol. The Kier molecular flexibility index (Phi) is 4.11. The van der Waals surface area contributed by atoms with Crippen LogP contribution in [-0.2, 0) is 0 Å². The van der Waals surface area contributed by atoms with E-state index in [0.29, 0.717) is 4.34 Å². The maximum absolute atomic E-state index is 11.9. The summed E-state index contributed by atoms with van der Waals surface area (Å²) in [5.41, 5.74) is 0. The predicted octanol–water partition coefficient (Wildman–Crippen LogP) is 2.83. The summed E-state index contributed by atoms with van der Waals surface area (Å²) >= 11 is 7.11. The molecule has 14 heavy (non-hydrogen) atoms. The number of halogens is 1. The molecule has 0 aliphatic heterocycles. The van der Waals surface area contributed by atoms with Crippen molar-refractivity contribution >= 4 is 28.7 Å². The molecule has 1 aromatic heterocycles. The molecule has 1 N–H and O–H groups in total. The summed E-state index contributed by atoms with van der Waals surface area (Å²) in [6.07, 6.45) is 0. The van der Waals surface area contributed by atoms with Crippen LogP contribution in [0.3, 0.4) is 0 Å². The maximum Gasteiger partial charge on any atom is 0.189 e. The highest BCUT2D eigenvalue weighted by atomic mass is 35.5. The number of hydrogen-bond acceptors (Lipinski definition) is 3. The third-order valence-electron chi connectivity index (χ3n) is 2.08. The number of carbonyl (C=O) groups excluding carboxylic acids is 1. The number of carbonyl (C=O) groups is 1. The third kappa shape index (κ3) is 2.56. The fourth-order valence-electron chi connectivity index (χ4n) is 1.37. The van der Waals surface area contributed by atoms with E-state index >= 15 is 0 Å². The molecule has 0 aliphatic rings. The molecule has 2 nitrogen and oxygen atoms in total. The van der Waals surface area contributed by atoms with Crippen LogP contribution in [0.1, 0.15) is 23.5 Å². The minimum Gasteiger partial charge on any atom is -0.310 e. The fourth-order valence-corrected chi connectivity index (χ4v) is 2.39. The molecule has 1 atom stereocenters. The Labute approximate surface area is 93.3 Å². The second-order valence-corrected chi connectivity index (χ2v) is 5.19. The van der Waals surface area contributed by atoms with E-state index in [1.165, 1.54) is 11.3 Å². The zero-order valence-electron chi connectivity index (χ0n) is 8.50. The molecule has 0 amide bonds. The van der Waals surface area contributed by atoms with Gasteiger partial charge in [-0.2, -0.15) is 0 Å². The molecule has 0 aromatic carbocycles. The molecule has 0 bridgehead atoms. The number of hydrogen-bond donors (Lipinski definition) is 1. The van der Waals surface area contributed by atoms with Crippen LogP contribution in [-0.4, -0.2) is 18.9 Å². The molecule has 4 heteroatoms. The smallest absolute Gasteiger partial charge is 0.189 e. The van der Waals surface area contributed by atoms with E-state index in [9.17, 15) is 4.79 Å². The Bertz CT molecular complexity index is 322. The fraction of sp³-hybridized carbons (Fsp3) is 0.500. The summed E-state index contributed by atoms with van der Waals surface area (Å²) in [4.78, 5) is 12.6. The molecule has 78 valence electrons. The van der Waals surface area contributed by atoms with Gasteiger partial charge < -0.3 is 5.32 Å². The molecule has 1 rings (SSSR count). The van der Waals surface area contributed by atoms with Gasteiger partial charge in [0.1, 0.15) is 0 Å². The van der Waals surface area contributed by atoms with Crippen molar-refractivity contribution in [2.45, 2.75) is 19.9 Å². The van der Waals surface area contributed by atoms with E-state index in [1.807, 2.05) is 13.8 Å². The molecular formula is C10H14ClNOS. The summed E-state index contributed by atoms with van der Waals surface area (Å²) in [6, 6.07) is 3.42. The summed E-state index contributed by atoms with van der Waals surface area (Å²) in [7, 11) is 1.80. The first-order chi connectivity index (χ1) is 6.56. The van der Waals surface area contributed by atoms with Crippen LogP contribution in [0.25, 0.3) is 0 Å². The van der Waals surface area contributed by atoms with Gasteiger partial charge in [0.15, 0.2) is 5.78 Å². The molecular weight excluding hydrogens is 218 g/mol. The lowest BCUT2D eigenvalue weighted by Crippen LogP contribution is -2.38. The van der Waals surface area contributed by atoms with Crippen molar-refractivity contribution < 1.29 is 4.79 Å². The summed E-state index contributed by atoms with van der Waals surface area (Å²) in [5.74, 6) is 0.410. The second-order valence-electron chi connectivity index (χ2n) is 3.48. The highest BCUT2D eigenvalue weighted by Crippen LogP contribution is 2.23. The zero-order valence-corrected chi connectivity index (χ0v) is 10.1. The molecule has 1 heterocycles. The number of Topliss-reactive ketones (excluding diaryl/α,β-unsaturated/α-hetero) is 1. The van der Waals surface area contributed by atoms with Gasteiger partial charge in [-0.1, -0.05) is 25.4 Å². The van der Waals surface area contributed by atoms with Crippen LogP contribution in [0.2, 0.25) is 4.34 Å². The first-order valence-corrected chi connectivity index (χ1v) is 5.72. The van der Waals surface area contributed by atoms with E-state index in [-0.39, 0.29) is 17.7 Å². The van der Waals surface area contributed by atoms with Crippen molar-refractivity contribution in [3.8, 4) is 0 Å². The van der Waals surface area contributed by atoms with Gasteiger partial charge in [0, 0.05) is 0 Å². The first-order valence-electron chi connectivity index (χ1n) is 4.53. The normalized spacial score (nSPS) is 13.2. The van der Waals surface area contributed by atoms with Gasteiger partial charge in [0.05, 0.1) is 15.3 Å². The monoisotopic (exact) mass is 231 g/mol. The molecule has 1 unspecified atom stereocenters. The standard InChI is InChI=1S/C10H14ClNOS/c1-6(2)9(12-3)10(13)7-4-5-8(11)14-7/h4-6,9,12H,1-3H3. The highest BCUT2D eigenvalue weighted by Gasteiger charge is 2.22. The Morgan fingerprint density at radius 2 is 2.14 bits per heavy atom. The topological polar surface area (TPSA) is 29.1 Å². The van der Waals surface area contributed by atoms with E-state index < -0.39 is 0 Å². The van der Waals surface area contributed by atoms with Gasteiger partial charge >= 0.3 is 0 Å². The van der Waals surface area contributed by atoms with Gasteiger partial charge in [0.2, 0.25) is 0 Å². The van der Waals surface area contributed by atoms with E-state index in [2.05, 4.69) is 5.32 Å². The van der Waals surface area contributed by atoms with Crippen molar-refractivity contribution in [1.29, 1.82) is 0 Å². The van der Waals surface area contributed by atoms with Crippen LogP contribution >= 0.6 is 22.9 Å². The summed E-state index contributed by atoms with van der Waals surface area (Å²) < 4.78 is 0.659. The summed E-state index contributed by atoms with van der Waals surface area (Å²) in [6.45, 7) is 4.04. The van der Waals surface area contributed by atoms with E-state index in [1.54, 1.807) is 19.2 Å². The average molecular weight is 232 g/mol. The molecule has 1 aromatic rings.